The lowest BCUT2D eigenvalue weighted by molar-refractivity contribution is 0.296. The molecule has 0 radical (unpaired) electrons. The lowest BCUT2D eigenvalue weighted by atomic mass is 10.4. The Hall–Kier alpha value is -0.0600. The highest BCUT2D eigenvalue weighted by Gasteiger charge is 2.02. The van der Waals surface area contributed by atoms with Crippen LogP contribution < -0.4 is 0 Å². The summed E-state index contributed by atoms with van der Waals surface area (Å²) >= 11 is 3.46. The van der Waals surface area contributed by atoms with Gasteiger partial charge in [0.2, 0.25) is 0 Å². The molecule has 0 bridgehead atoms. The Morgan fingerprint density at radius 3 is 2.75 bits per heavy atom. The molecule has 0 aliphatic heterocycles. The number of aromatic nitrogens is 1. The number of hydrogen-bond donors (Lipinski definition) is 1. The van der Waals surface area contributed by atoms with Gasteiger partial charge in [0.15, 0.2) is 0 Å². The van der Waals surface area contributed by atoms with Crippen LogP contribution in [-0.2, 0) is 0 Å². The highest BCUT2D eigenvalue weighted by Crippen LogP contribution is 2.26. The first-order valence-electron chi connectivity index (χ1n) is 3.91. The molecule has 12 heavy (non-hydrogen) atoms. The number of thioether (sulfide) groups is 1. The summed E-state index contributed by atoms with van der Waals surface area (Å²) in [5, 5.41) is 8.57. The summed E-state index contributed by atoms with van der Waals surface area (Å²) in [7, 11) is 0. The largest absolute Gasteiger partial charge is 0.396 e. The Labute approximate surface area is 81.0 Å². The third kappa shape index (κ3) is 2.77. The summed E-state index contributed by atoms with van der Waals surface area (Å²) in [6.45, 7) is 4.39. The van der Waals surface area contributed by atoms with Gasteiger partial charge in [0, 0.05) is 17.2 Å². The summed E-state index contributed by atoms with van der Waals surface area (Å²) in [6.07, 6.45) is 0.850. The van der Waals surface area contributed by atoms with E-state index in [9.17, 15) is 0 Å². The molecule has 0 saturated carbocycles. The highest BCUT2D eigenvalue weighted by atomic mass is 32.2. The summed E-state index contributed by atoms with van der Waals surface area (Å²) in [4.78, 5) is 5.67. The minimum atomic E-state index is 0.274. The Bertz CT molecular complexity index is 228. The third-order valence-corrected chi connectivity index (χ3v) is 3.84. The minimum Gasteiger partial charge on any atom is -0.396 e. The first-order chi connectivity index (χ1) is 5.74. The van der Waals surface area contributed by atoms with Crippen LogP contribution in [-0.4, -0.2) is 22.5 Å². The zero-order chi connectivity index (χ0) is 8.97. The fourth-order valence-corrected chi connectivity index (χ4v) is 2.88. The van der Waals surface area contributed by atoms with Crippen molar-refractivity contribution in [1.29, 1.82) is 0 Å². The van der Waals surface area contributed by atoms with Crippen LogP contribution in [0.25, 0.3) is 0 Å². The van der Waals surface area contributed by atoms with E-state index in [1.807, 2.05) is 6.92 Å². The molecule has 0 aromatic carbocycles. The SMILES string of the molecule is Cc1nc(SCCCO)sc1C. The summed E-state index contributed by atoms with van der Waals surface area (Å²) < 4.78 is 1.12. The minimum absolute atomic E-state index is 0.274. The number of aliphatic hydroxyl groups is 1. The van der Waals surface area contributed by atoms with Crippen molar-refractivity contribution >= 4 is 23.1 Å². The molecule has 1 N–H and O–H groups in total. The van der Waals surface area contributed by atoms with Crippen LogP contribution >= 0.6 is 23.1 Å². The Morgan fingerprint density at radius 1 is 1.50 bits per heavy atom. The van der Waals surface area contributed by atoms with Crippen molar-refractivity contribution in [2.75, 3.05) is 12.4 Å². The molecule has 0 unspecified atom stereocenters. The molecule has 0 amide bonds. The van der Waals surface area contributed by atoms with E-state index in [2.05, 4.69) is 11.9 Å². The van der Waals surface area contributed by atoms with Crippen molar-refractivity contribution < 1.29 is 5.11 Å². The normalized spacial score (nSPS) is 10.6. The molecule has 0 aliphatic carbocycles. The number of hydrogen-bond acceptors (Lipinski definition) is 4. The zero-order valence-corrected chi connectivity index (χ0v) is 8.97. The van der Waals surface area contributed by atoms with Crippen LogP contribution in [0, 0.1) is 13.8 Å². The topological polar surface area (TPSA) is 33.1 Å². The van der Waals surface area contributed by atoms with Gasteiger partial charge in [-0.1, -0.05) is 11.8 Å². The first kappa shape index (κ1) is 10.0. The van der Waals surface area contributed by atoms with Crippen molar-refractivity contribution in [2.24, 2.45) is 0 Å². The molecule has 0 spiro atoms. The summed E-state index contributed by atoms with van der Waals surface area (Å²) in [6, 6.07) is 0. The van der Waals surface area contributed by atoms with E-state index in [1.165, 1.54) is 4.88 Å². The predicted octanol–water partition coefficient (Wildman–Crippen LogP) is 2.23. The number of rotatable bonds is 4. The van der Waals surface area contributed by atoms with Crippen molar-refractivity contribution in [1.82, 2.24) is 4.98 Å². The molecule has 4 heteroatoms. The van der Waals surface area contributed by atoms with Crippen molar-refractivity contribution in [3.63, 3.8) is 0 Å². The first-order valence-corrected chi connectivity index (χ1v) is 5.72. The number of aliphatic hydroxyl groups excluding tert-OH is 1. The van der Waals surface area contributed by atoms with E-state index in [-0.39, 0.29) is 6.61 Å². The zero-order valence-electron chi connectivity index (χ0n) is 7.33. The Morgan fingerprint density at radius 2 is 2.25 bits per heavy atom. The monoisotopic (exact) mass is 203 g/mol. The molecular formula is C8H13NOS2. The van der Waals surface area contributed by atoms with Crippen LogP contribution in [0.4, 0.5) is 0 Å². The van der Waals surface area contributed by atoms with Crippen LogP contribution in [0.2, 0.25) is 0 Å². The summed E-state index contributed by atoms with van der Waals surface area (Å²) in [5.74, 6) is 0.961. The quantitative estimate of drug-likeness (QED) is 0.602. The lowest BCUT2D eigenvalue weighted by Crippen LogP contribution is -1.84. The molecule has 0 atom stereocenters. The highest BCUT2D eigenvalue weighted by molar-refractivity contribution is 8.01. The van der Waals surface area contributed by atoms with Gasteiger partial charge in [-0.25, -0.2) is 4.98 Å². The standard InChI is InChI=1S/C8H13NOS2/c1-6-7(2)12-8(9-6)11-5-3-4-10/h10H,3-5H2,1-2H3. The second-order valence-corrected chi connectivity index (χ2v) is 5.09. The van der Waals surface area contributed by atoms with Gasteiger partial charge in [0.1, 0.15) is 4.34 Å². The van der Waals surface area contributed by atoms with E-state index >= 15 is 0 Å². The van der Waals surface area contributed by atoms with Gasteiger partial charge in [-0.15, -0.1) is 11.3 Å². The van der Waals surface area contributed by atoms with Crippen LogP contribution in [0.5, 0.6) is 0 Å². The van der Waals surface area contributed by atoms with Crippen LogP contribution in [0.3, 0.4) is 0 Å². The number of thiazole rings is 1. The van der Waals surface area contributed by atoms with E-state index in [0.717, 1.165) is 22.2 Å². The number of aryl methyl sites for hydroxylation is 2. The van der Waals surface area contributed by atoms with Crippen LogP contribution in [0.15, 0.2) is 4.34 Å². The molecule has 2 nitrogen and oxygen atoms in total. The maximum Gasteiger partial charge on any atom is 0.150 e. The second kappa shape index (κ2) is 4.84. The van der Waals surface area contributed by atoms with Crippen molar-refractivity contribution in [2.45, 2.75) is 24.6 Å². The molecule has 0 aliphatic rings. The van der Waals surface area contributed by atoms with Gasteiger partial charge >= 0.3 is 0 Å². The lowest BCUT2D eigenvalue weighted by Gasteiger charge is -1.92. The molecule has 1 aromatic rings. The van der Waals surface area contributed by atoms with Gasteiger partial charge in [0.05, 0.1) is 5.69 Å². The van der Waals surface area contributed by atoms with Gasteiger partial charge in [-0.05, 0) is 20.3 Å². The average molecular weight is 203 g/mol. The molecule has 1 heterocycles. The van der Waals surface area contributed by atoms with E-state index in [4.69, 9.17) is 5.11 Å². The van der Waals surface area contributed by atoms with E-state index in [0.29, 0.717) is 0 Å². The molecule has 1 aromatic heterocycles. The third-order valence-electron chi connectivity index (χ3n) is 1.54. The van der Waals surface area contributed by atoms with E-state index in [1.54, 1.807) is 23.1 Å². The van der Waals surface area contributed by atoms with Gasteiger partial charge in [0.25, 0.3) is 0 Å². The fraction of sp³-hybridized carbons (Fsp3) is 0.625. The van der Waals surface area contributed by atoms with Gasteiger partial charge in [-0.3, -0.25) is 0 Å². The maximum absolute atomic E-state index is 8.57. The molecular weight excluding hydrogens is 190 g/mol. The van der Waals surface area contributed by atoms with Crippen LogP contribution in [0.1, 0.15) is 17.0 Å². The molecule has 0 fully saturated rings. The molecule has 1 rings (SSSR count). The summed E-state index contributed by atoms with van der Waals surface area (Å²) in [5.41, 5.74) is 1.13. The maximum atomic E-state index is 8.57. The Balaban J connectivity index is 2.42. The predicted molar refractivity (Wildman–Crippen MR) is 54.0 cm³/mol. The van der Waals surface area contributed by atoms with E-state index < -0.39 is 0 Å². The molecule has 0 saturated heterocycles. The van der Waals surface area contributed by atoms with Gasteiger partial charge < -0.3 is 5.11 Å². The number of nitrogens with zero attached hydrogens (tertiary/aromatic N) is 1. The smallest absolute Gasteiger partial charge is 0.150 e. The van der Waals surface area contributed by atoms with Crippen molar-refractivity contribution in [3.05, 3.63) is 10.6 Å². The van der Waals surface area contributed by atoms with Gasteiger partial charge in [-0.2, -0.15) is 0 Å². The Kier molecular flexibility index (Phi) is 4.05. The van der Waals surface area contributed by atoms with Crippen molar-refractivity contribution in [3.8, 4) is 0 Å². The fourth-order valence-electron chi connectivity index (χ4n) is 0.729. The molecule has 68 valence electrons. The second-order valence-electron chi connectivity index (χ2n) is 2.55. The average Bonchev–Trinajstić information content (AvgIpc) is 2.32.